The molecule has 0 unspecified atom stereocenters. The van der Waals surface area contributed by atoms with Gasteiger partial charge < -0.3 is 4.74 Å². The van der Waals surface area contributed by atoms with E-state index in [4.69, 9.17) is 4.74 Å². The Labute approximate surface area is 94.9 Å². The maximum atomic E-state index is 5.53. The van der Waals surface area contributed by atoms with E-state index in [1.54, 1.807) is 17.1 Å². The molecule has 0 saturated heterocycles. The summed E-state index contributed by atoms with van der Waals surface area (Å²) in [6.07, 6.45) is 3.67. The Bertz CT molecular complexity index is 459. The number of aromatic nitrogens is 3. The average Bonchev–Trinajstić information content (AvgIpc) is 2.65. The predicted octanol–water partition coefficient (Wildman–Crippen LogP) is 2.27. The number of ether oxygens (including phenoxy) is 1. The van der Waals surface area contributed by atoms with Crippen molar-refractivity contribution in [1.82, 2.24) is 14.8 Å². The van der Waals surface area contributed by atoms with Gasteiger partial charge in [-0.2, -0.15) is 5.10 Å². The first-order valence-corrected chi connectivity index (χ1v) is 5.28. The molecular weight excluding hydrogens is 202 g/mol. The Kier molecular flexibility index (Phi) is 2.90. The first-order valence-electron chi connectivity index (χ1n) is 5.28. The second kappa shape index (κ2) is 4.35. The monoisotopic (exact) mass is 217 g/mol. The van der Waals surface area contributed by atoms with Crippen molar-refractivity contribution in [2.24, 2.45) is 7.05 Å². The molecule has 0 saturated carbocycles. The second-order valence-corrected chi connectivity index (χ2v) is 3.89. The zero-order valence-corrected chi connectivity index (χ0v) is 9.71. The largest absolute Gasteiger partial charge is 0.489 e. The van der Waals surface area contributed by atoms with Crippen LogP contribution in [0.15, 0.2) is 30.6 Å². The van der Waals surface area contributed by atoms with Crippen LogP contribution in [0.1, 0.15) is 13.8 Å². The molecule has 2 rings (SSSR count). The molecule has 84 valence electrons. The Morgan fingerprint density at radius 3 is 2.56 bits per heavy atom. The molecule has 0 fully saturated rings. The topological polar surface area (TPSA) is 39.9 Å². The molecule has 0 amide bonds. The number of rotatable bonds is 3. The quantitative estimate of drug-likeness (QED) is 0.791. The number of aryl methyl sites for hydroxylation is 1. The van der Waals surface area contributed by atoms with E-state index in [1.807, 2.05) is 39.1 Å². The lowest BCUT2D eigenvalue weighted by atomic mass is 10.2. The Hall–Kier alpha value is -1.84. The summed E-state index contributed by atoms with van der Waals surface area (Å²) < 4.78 is 7.33. The number of pyridine rings is 1. The van der Waals surface area contributed by atoms with Gasteiger partial charge in [0.25, 0.3) is 0 Å². The standard InChI is InChI=1S/C12H15N3O/c1-9(2)16-10-4-5-11(13-8-10)12-6-7-14-15(12)3/h4-9H,1-3H3. The minimum atomic E-state index is 0.171. The van der Waals surface area contributed by atoms with Gasteiger partial charge in [-0.25, -0.2) is 0 Å². The van der Waals surface area contributed by atoms with Gasteiger partial charge in [0.05, 0.1) is 23.7 Å². The van der Waals surface area contributed by atoms with E-state index in [1.165, 1.54) is 0 Å². The molecule has 0 spiro atoms. The van der Waals surface area contributed by atoms with E-state index in [0.29, 0.717) is 0 Å². The summed E-state index contributed by atoms with van der Waals surface area (Å²) in [6.45, 7) is 3.99. The normalized spacial score (nSPS) is 10.8. The molecule has 0 radical (unpaired) electrons. The van der Waals surface area contributed by atoms with Crippen LogP contribution in [0.3, 0.4) is 0 Å². The fourth-order valence-corrected chi connectivity index (χ4v) is 1.50. The van der Waals surface area contributed by atoms with Gasteiger partial charge in [0, 0.05) is 13.2 Å². The van der Waals surface area contributed by atoms with E-state index in [9.17, 15) is 0 Å². The molecule has 4 heteroatoms. The fraction of sp³-hybridized carbons (Fsp3) is 0.333. The van der Waals surface area contributed by atoms with Crippen molar-refractivity contribution < 1.29 is 4.74 Å². The highest BCUT2D eigenvalue weighted by Crippen LogP contribution is 2.18. The summed E-state index contributed by atoms with van der Waals surface area (Å²) >= 11 is 0. The van der Waals surface area contributed by atoms with Crippen LogP contribution in [0.4, 0.5) is 0 Å². The first-order chi connectivity index (χ1) is 7.66. The van der Waals surface area contributed by atoms with Crippen LogP contribution in [-0.4, -0.2) is 20.9 Å². The molecule has 0 bridgehead atoms. The molecule has 2 aromatic rings. The van der Waals surface area contributed by atoms with Gasteiger partial charge in [0.1, 0.15) is 5.75 Å². The number of hydrogen-bond acceptors (Lipinski definition) is 3. The lowest BCUT2D eigenvalue weighted by Gasteiger charge is -2.09. The molecular formula is C12H15N3O. The van der Waals surface area contributed by atoms with Crippen molar-refractivity contribution in [3.8, 4) is 17.1 Å². The van der Waals surface area contributed by atoms with Gasteiger partial charge in [-0.3, -0.25) is 9.67 Å². The molecule has 0 N–H and O–H groups in total. The second-order valence-electron chi connectivity index (χ2n) is 3.89. The molecule has 0 aliphatic rings. The molecule has 0 aliphatic heterocycles. The molecule has 0 atom stereocenters. The van der Waals surface area contributed by atoms with Crippen molar-refractivity contribution in [1.29, 1.82) is 0 Å². The number of hydrogen-bond donors (Lipinski definition) is 0. The lowest BCUT2D eigenvalue weighted by Crippen LogP contribution is -2.05. The molecule has 0 aliphatic carbocycles. The maximum absolute atomic E-state index is 5.53. The van der Waals surface area contributed by atoms with E-state index >= 15 is 0 Å². The van der Waals surface area contributed by atoms with E-state index in [2.05, 4.69) is 10.1 Å². The van der Waals surface area contributed by atoms with Crippen molar-refractivity contribution in [2.75, 3.05) is 0 Å². The first kappa shape index (κ1) is 10.7. The highest BCUT2D eigenvalue weighted by molar-refractivity contribution is 5.54. The van der Waals surface area contributed by atoms with Crippen LogP contribution in [0.5, 0.6) is 5.75 Å². The lowest BCUT2D eigenvalue weighted by molar-refractivity contribution is 0.241. The third-order valence-corrected chi connectivity index (χ3v) is 2.19. The summed E-state index contributed by atoms with van der Waals surface area (Å²) in [5.74, 6) is 0.793. The van der Waals surface area contributed by atoms with Crippen LogP contribution >= 0.6 is 0 Å². The SMILES string of the molecule is CC(C)Oc1ccc(-c2ccnn2C)nc1. The Morgan fingerprint density at radius 1 is 1.25 bits per heavy atom. The van der Waals surface area contributed by atoms with Gasteiger partial charge in [-0.05, 0) is 32.0 Å². The minimum Gasteiger partial charge on any atom is -0.489 e. The summed E-state index contributed by atoms with van der Waals surface area (Å²) in [6, 6.07) is 5.80. The van der Waals surface area contributed by atoms with Crippen LogP contribution in [0.25, 0.3) is 11.4 Å². The summed E-state index contributed by atoms with van der Waals surface area (Å²) in [7, 11) is 1.90. The van der Waals surface area contributed by atoms with Gasteiger partial charge in [-0.15, -0.1) is 0 Å². The zero-order chi connectivity index (χ0) is 11.5. The van der Waals surface area contributed by atoms with Crippen molar-refractivity contribution in [2.45, 2.75) is 20.0 Å². The molecule has 16 heavy (non-hydrogen) atoms. The van der Waals surface area contributed by atoms with Crippen LogP contribution in [0, 0.1) is 0 Å². The van der Waals surface area contributed by atoms with Crippen LogP contribution in [0.2, 0.25) is 0 Å². The predicted molar refractivity (Wildman–Crippen MR) is 62.2 cm³/mol. The molecule has 2 aromatic heterocycles. The summed E-state index contributed by atoms with van der Waals surface area (Å²) in [5, 5.41) is 4.11. The third kappa shape index (κ3) is 2.21. The summed E-state index contributed by atoms with van der Waals surface area (Å²) in [4.78, 5) is 4.35. The fourth-order valence-electron chi connectivity index (χ4n) is 1.50. The van der Waals surface area contributed by atoms with Crippen molar-refractivity contribution in [3.05, 3.63) is 30.6 Å². The van der Waals surface area contributed by atoms with E-state index < -0.39 is 0 Å². The Balaban J connectivity index is 2.23. The molecule has 4 nitrogen and oxygen atoms in total. The minimum absolute atomic E-state index is 0.171. The molecule has 0 aromatic carbocycles. The molecule has 2 heterocycles. The maximum Gasteiger partial charge on any atom is 0.138 e. The highest BCUT2D eigenvalue weighted by Gasteiger charge is 2.04. The van der Waals surface area contributed by atoms with Crippen molar-refractivity contribution in [3.63, 3.8) is 0 Å². The average molecular weight is 217 g/mol. The van der Waals surface area contributed by atoms with Crippen LogP contribution < -0.4 is 4.74 Å². The van der Waals surface area contributed by atoms with Crippen molar-refractivity contribution >= 4 is 0 Å². The van der Waals surface area contributed by atoms with Gasteiger partial charge in [0.15, 0.2) is 0 Å². The van der Waals surface area contributed by atoms with E-state index in [-0.39, 0.29) is 6.10 Å². The van der Waals surface area contributed by atoms with Gasteiger partial charge >= 0.3 is 0 Å². The highest BCUT2D eigenvalue weighted by atomic mass is 16.5. The Morgan fingerprint density at radius 2 is 2.06 bits per heavy atom. The van der Waals surface area contributed by atoms with Gasteiger partial charge in [0.2, 0.25) is 0 Å². The smallest absolute Gasteiger partial charge is 0.138 e. The van der Waals surface area contributed by atoms with Gasteiger partial charge in [-0.1, -0.05) is 0 Å². The summed E-state index contributed by atoms with van der Waals surface area (Å²) in [5.41, 5.74) is 1.90. The number of nitrogens with zero attached hydrogens (tertiary/aromatic N) is 3. The van der Waals surface area contributed by atoms with Crippen LogP contribution in [-0.2, 0) is 7.05 Å². The zero-order valence-electron chi connectivity index (χ0n) is 9.71. The van der Waals surface area contributed by atoms with E-state index in [0.717, 1.165) is 17.1 Å². The third-order valence-electron chi connectivity index (χ3n) is 2.19.